The van der Waals surface area contributed by atoms with Crippen LogP contribution < -0.4 is 24.4 Å². The summed E-state index contributed by atoms with van der Waals surface area (Å²) in [5.41, 5.74) is 4.82. The molecule has 38 heavy (non-hydrogen) atoms. The molecule has 194 valence electrons. The van der Waals surface area contributed by atoms with Gasteiger partial charge in [-0.2, -0.15) is 0 Å². The van der Waals surface area contributed by atoms with Crippen LogP contribution in [0.25, 0.3) is 6.08 Å². The van der Waals surface area contributed by atoms with Crippen molar-refractivity contribution in [2.75, 3.05) is 24.6 Å². The van der Waals surface area contributed by atoms with E-state index in [1.807, 2.05) is 74.5 Å². The van der Waals surface area contributed by atoms with Gasteiger partial charge in [-0.25, -0.2) is 4.99 Å². The van der Waals surface area contributed by atoms with Crippen LogP contribution in [0.1, 0.15) is 22.3 Å². The number of aryl methyl sites for hydroxylation is 2. The molecule has 0 saturated heterocycles. The van der Waals surface area contributed by atoms with Gasteiger partial charge in [-0.05, 0) is 78.6 Å². The summed E-state index contributed by atoms with van der Waals surface area (Å²) in [4.78, 5) is 32.4. The first-order chi connectivity index (χ1) is 18.4. The number of nitrogens with one attached hydrogen (secondary N) is 1. The van der Waals surface area contributed by atoms with Crippen LogP contribution in [-0.2, 0) is 16.1 Å². The highest BCUT2D eigenvalue weighted by atomic mass is 32.2. The normalized spacial score (nSPS) is 15.1. The van der Waals surface area contributed by atoms with Gasteiger partial charge in [-0.1, -0.05) is 36.0 Å². The molecule has 0 atom stereocenters. The van der Waals surface area contributed by atoms with Crippen molar-refractivity contribution in [2.24, 2.45) is 4.99 Å². The number of thioether (sulfide) groups is 1. The molecule has 0 unspecified atom stereocenters. The fourth-order valence-corrected chi connectivity index (χ4v) is 5.03. The van der Waals surface area contributed by atoms with Crippen LogP contribution in [0.15, 0.2) is 71.4 Å². The number of amidine groups is 1. The summed E-state index contributed by atoms with van der Waals surface area (Å²) < 4.78 is 16.0. The highest BCUT2D eigenvalue weighted by molar-refractivity contribution is 8.14. The summed E-state index contributed by atoms with van der Waals surface area (Å²) in [7, 11) is 1.61. The number of carbonyl (C=O) groups excluding carboxylic acids is 2. The van der Waals surface area contributed by atoms with Crippen LogP contribution in [0, 0.1) is 13.8 Å². The number of amides is 2. The quantitative estimate of drug-likeness (QED) is 0.441. The molecule has 0 fully saturated rings. The number of methoxy groups -OCH3 is 1. The Morgan fingerprint density at radius 2 is 1.79 bits per heavy atom. The van der Waals surface area contributed by atoms with Gasteiger partial charge in [0.05, 0.1) is 18.6 Å². The first-order valence-electron chi connectivity index (χ1n) is 12.0. The SMILES string of the molecule is COc1ccc(/C=C2\N=C(SCC(=O)NCc3ccc4c(c3)OCO4)N(c3cc(C)cc(C)c3)C2=O)cc1. The molecule has 2 aliphatic heterocycles. The molecular weight excluding hydrogens is 502 g/mol. The van der Waals surface area contributed by atoms with Crippen molar-refractivity contribution in [1.82, 2.24) is 5.32 Å². The molecular formula is C29H27N3O5S. The summed E-state index contributed by atoms with van der Waals surface area (Å²) in [5, 5.41) is 3.38. The van der Waals surface area contributed by atoms with E-state index in [9.17, 15) is 9.59 Å². The highest BCUT2D eigenvalue weighted by Gasteiger charge is 2.32. The fourth-order valence-electron chi connectivity index (χ4n) is 4.19. The van der Waals surface area contributed by atoms with E-state index in [1.54, 1.807) is 18.1 Å². The zero-order chi connectivity index (χ0) is 26.6. The van der Waals surface area contributed by atoms with E-state index in [2.05, 4.69) is 10.3 Å². The van der Waals surface area contributed by atoms with Crippen LogP contribution >= 0.6 is 11.8 Å². The number of hydrogen-bond donors (Lipinski definition) is 1. The number of fused-ring (bicyclic) bond motifs is 1. The van der Waals surface area contributed by atoms with Crippen LogP contribution in [0.3, 0.4) is 0 Å². The molecule has 0 radical (unpaired) electrons. The van der Waals surface area contributed by atoms with Gasteiger partial charge in [0.2, 0.25) is 12.7 Å². The van der Waals surface area contributed by atoms with Crippen molar-refractivity contribution in [3.8, 4) is 17.2 Å². The molecule has 9 heteroatoms. The molecule has 0 aromatic heterocycles. The first-order valence-corrected chi connectivity index (χ1v) is 13.0. The Hall–Kier alpha value is -4.24. The summed E-state index contributed by atoms with van der Waals surface area (Å²) in [6, 6.07) is 18.9. The Bertz CT molecular complexity index is 1430. The summed E-state index contributed by atoms with van der Waals surface area (Å²) in [6.45, 7) is 4.52. The van der Waals surface area contributed by atoms with Crippen molar-refractivity contribution in [3.05, 3.63) is 88.6 Å². The zero-order valence-corrected chi connectivity index (χ0v) is 22.1. The monoisotopic (exact) mass is 529 g/mol. The van der Waals surface area contributed by atoms with Crippen molar-refractivity contribution < 1.29 is 23.8 Å². The molecule has 1 N–H and O–H groups in total. The largest absolute Gasteiger partial charge is 0.497 e. The first kappa shape index (κ1) is 25.4. The Morgan fingerprint density at radius 1 is 1.05 bits per heavy atom. The smallest absolute Gasteiger partial charge is 0.283 e. The minimum atomic E-state index is -0.242. The average molecular weight is 530 g/mol. The number of hydrogen-bond acceptors (Lipinski definition) is 7. The van der Waals surface area contributed by atoms with Gasteiger partial charge in [-0.15, -0.1) is 0 Å². The number of carbonyl (C=O) groups is 2. The minimum Gasteiger partial charge on any atom is -0.497 e. The number of nitrogens with zero attached hydrogens (tertiary/aromatic N) is 2. The number of anilines is 1. The lowest BCUT2D eigenvalue weighted by Gasteiger charge is -2.19. The molecule has 0 spiro atoms. The molecule has 0 aliphatic carbocycles. The summed E-state index contributed by atoms with van der Waals surface area (Å²) >= 11 is 1.22. The second-order valence-electron chi connectivity index (χ2n) is 8.94. The van der Waals surface area contributed by atoms with E-state index in [4.69, 9.17) is 14.2 Å². The summed E-state index contributed by atoms with van der Waals surface area (Å²) in [6.07, 6.45) is 1.74. The van der Waals surface area contributed by atoms with E-state index in [1.165, 1.54) is 11.8 Å². The molecule has 2 aliphatic rings. The second-order valence-corrected chi connectivity index (χ2v) is 9.88. The number of rotatable bonds is 7. The van der Waals surface area contributed by atoms with Gasteiger partial charge in [0.1, 0.15) is 11.4 Å². The lowest BCUT2D eigenvalue weighted by atomic mass is 10.1. The van der Waals surface area contributed by atoms with Gasteiger partial charge in [0.15, 0.2) is 16.7 Å². The molecule has 3 aromatic carbocycles. The second kappa shape index (κ2) is 11.0. The Labute approximate surface area is 225 Å². The Kier molecular flexibility index (Phi) is 7.37. The lowest BCUT2D eigenvalue weighted by molar-refractivity contribution is -0.118. The van der Waals surface area contributed by atoms with Gasteiger partial charge >= 0.3 is 0 Å². The average Bonchev–Trinajstić information content (AvgIpc) is 3.49. The number of benzene rings is 3. The molecule has 3 aromatic rings. The maximum absolute atomic E-state index is 13.5. The van der Waals surface area contributed by atoms with E-state index < -0.39 is 0 Å². The fraction of sp³-hybridized carbons (Fsp3) is 0.207. The third-order valence-corrected chi connectivity index (χ3v) is 6.91. The molecule has 2 amide bonds. The standard InChI is InChI=1S/C29H27N3O5S/c1-18-10-19(2)12-22(11-18)32-28(34)24(13-20-4-7-23(35-3)8-5-20)31-29(32)38-16-27(33)30-15-21-6-9-25-26(14-21)37-17-36-25/h4-14H,15-17H2,1-3H3,(H,30,33)/b24-13-. The maximum Gasteiger partial charge on any atom is 0.283 e. The minimum absolute atomic E-state index is 0.105. The van der Waals surface area contributed by atoms with Gasteiger partial charge in [0.25, 0.3) is 5.91 Å². The van der Waals surface area contributed by atoms with Crippen molar-refractivity contribution in [2.45, 2.75) is 20.4 Å². The predicted molar refractivity (Wildman–Crippen MR) is 149 cm³/mol. The zero-order valence-electron chi connectivity index (χ0n) is 21.3. The van der Waals surface area contributed by atoms with Crippen molar-refractivity contribution in [3.63, 3.8) is 0 Å². The lowest BCUT2D eigenvalue weighted by Crippen LogP contribution is -2.32. The van der Waals surface area contributed by atoms with Gasteiger partial charge < -0.3 is 19.5 Å². The van der Waals surface area contributed by atoms with Crippen LogP contribution in [-0.4, -0.2) is 36.6 Å². The van der Waals surface area contributed by atoms with E-state index >= 15 is 0 Å². The third-order valence-electron chi connectivity index (χ3n) is 5.97. The highest BCUT2D eigenvalue weighted by Crippen LogP contribution is 2.33. The van der Waals surface area contributed by atoms with Crippen LogP contribution in [0.5, 0.6) is 17.2 Å². The molecule has 0 saturated carbocycles. The van der Waals surface area contributed by atoms with Gasteiger partial charge in [0, 0.05) is 6.54 Å². The Morgan fingerprint density at radius 3 is 2.53 bits per heavy atom. The molecule has 0 bridgehead atoms. The molecule has 5 rings (SSSR count). The maximum atomic E-state index is 13.5. The van der Waals surface area contributed by atoms with Gasteiger partial charge in [-0.3, -0.25) is 14.5 Å². The van der Waals surface area contributed by atoms with E-state index in [0.29, 0.717) is 28.9 Å². The predicted octanol–water partition coefficient (Wildman–Crippen LogP) is 4.83. The number of ether oxygens (including phenoxy) is 3. The number of aliphatic imine (C=N–C) groups is 1. The molecule has 2 heterocycles. The third kappa shape index (κ3) is 5.68. The van der Waals surface area contributed by atoms with E-state index in [-0.39, 0.29) is 24.4 Å². The Balaban J connectivity index is 1.32. The van der Waals surface area contributed by atoms with Crippen molar-refractivity contribution in [1.29, 1.82) is 0 Å². The van der Waals surface area contributed by atoms with E-state index in [0.717, 1.165) is 33.7 Å². The van der Waals surface area contributed by atoms with Crippen LogP contribution in [0.4, 0.5) is 5.69 Å². The molecule has 8 nitrogen and oxygen atoms in total. The topological polar surface area (TPSA) is 89.5 Å². The van der Waals surface area contributed by atoms with Crippen LogP contribution in [0.2, 0.25) is 0 Å². The van der Waals surface area contributed by atoms with Crippen molar-refractivity contribution >= 4 is 40.5 Å². The summed E-state index contributed by atoms with van der Waals surface area (Å²) in [5.74, 6) is 1.79.